The van der Waals surface area contributed by atoms with Crippen molar-refractivity contribution in [1.82, 2.24) is 20.3 Å². The van der Waals surface area contributed by atoms with Crippen LogP contribution in [0.2, 0.25) is 0 Å². The van der Waals surface area contributed by atoms with Crippen LogP contribution >= 0.6 is 0 Å². The monoisotopic (exact) mass is 272 g/mol. The number of aromatic nitrogens is 3. The highest BCUT2D eigenvalue weighted by Crippen LogP contribution is 2.18. The van der Waals surface area contributed by atoms with Crippen LogP contribution in [-0.2, 0) is 13.1 Å². The summed E-state index contributed by atoms with van der Waals surface area (Å²) in [7, 11) is 0. The summed E-state index contributed by atoms with van der Waals surface area (Å²) in [5, 5.41) is 11.7. The molecule has 20 heavy (non-hydrogen) atoms. The Morgan fingerprint density at radius 3 is 2.85 bits per heavy atom. The molecule has 0 unspecified atom stereocenters. The fourth-order valence-corrected chi connectivity index (χ4v) is 1.96. The largest absolute Gasteiger partial charge is 0.492 e. The number of aryl methyl sites for hydroxylation is 1. The molecule has 1 fully saturated rings. The van der Waals surface area contributed by atoms with Crippen molar-refractivity contribution in [3.05, 3.63) is 41.7 Å². The molecular weight excluding hydrogens is 252 g/mol. The van der Waals surface area contributed by atoms with Gasteiger partial charge in [-0.2, -0.15) is 0 Å². The summed E-state index contributed by atoms with van der Waals surface area (Å²) < 4.78 is 7.51. The minimum atomic E-state index is 0.599. The standard InChI is InChI=1S/C15H20N4O/c1-12-2-6-15(7-3-12)20-9-8-19-11-14(17-18-19)10-16-13-4-5-13/h2-3,6-7,11,13,16H,4-5,8-10H2,1H3. The lowest BCUT2D eigenvalue weighted by Gasteiger charge is -2.05. The molecule has 1 N–H and O–H groups in total. The zero-order valence-corrected chi connectivity index (χ0v) is 11.7. The Kier molecular flexibility index (Phi) is 3.97. The number of nitrogens with one attached hydrogen (secondary N) is 1. The summed E-state index contributed by atoms with van der Waals surface area (Å²) in [6.45, 7) is 4.19. The van der Waals surface area contributed by atoms with Crippen molar-refractivity contribution < 1.29 is 4.74 Å². The number of ether oxygens (including phenoxy) is 1. The van der Waals surface area contributed by atoms with E-state index in [-0.39, 0.29) is 0 Å². The summed E-state index contributed by atoms with van der Waals surface area (Å²) in [6, 6.07) is 8.77. The molecule has 1 saturated carbocycles. The molecule has 1 aromatic carbocycles. The second-order valence-electron chi connectivity index (χ2n) is 5.29. The maximum absolute atomic E-state index is 5.68. The van der Waals surface area contributed by atoms with Crippen molar-refractivity contribution in [3.8, 4) is 5.75 Å². The molecule has 0 aliphatic heterocycles. The van der Waals surface area contributed by atoms with Crippen LogP contribution in [0.3, 0.4) is 0 Å². The van der Waals surface area contributed by atoms with Gasteiger partial charge in [0.2, 0.25) is 0 Å². The number of rotatable bonds is 7. The van der Waals surface area contributed by atoms with Crippen LogP contribution < -0.4 is 10.1 Å². The van der Waals surface area contributed by atoms with Crippen LogP contribution in [-0.4, -0.2) is 27.6 Å². The molecule has 5 heteroatoms. The van der Waals surface area contributed by atoms with Crippen molar-refractivity contribution in [3.63, 3.8) is 0 Å². The number of hydrogen-bond acceptors (Lipinski definition) is 4. The Balaban J connectivity index is 1.42. The summed E-state index contributed by atoms with van der Waals surface area (Å²) in [6.07, 6.45) is 4.56. The first-order chi connectivity index (χ1) is 9.79. The van der Waals surface area contributed by atoms with Crippen LogP contribution in [0.1, 0.15) is 24.1 Å². The number of hydrogen-bond donors (Lipinski definition) is 1. The molecule has 0 atom stereocenters. The summed E-state index contributed by atoms with van der Waals surface area (Å²) >= 11 is 0. The summed E-state index contributed by atoms with van der Waals surface area (Å²) in [5.74, 6) is 0.895. The minimum absolute atomic E-state index is 0.599. The molecule has 1 heterocycles. The van der Waals surface area contributed by atoms with Crippen LogP contribution in [0, 0.1) is 6.92 Å². The molecule has 1 aliphatic carbocycles. The first-order valence-corrected chi connectivity index (χ1v) is 7.11. The van der Waals surface area contributed by atoms with Crippen molar-refractivity contribution in [2.24, 2.45) is 0 Å². The molecule has 3 rings (SSSR count). The lowest BCUT2D eigenvalue weighted by Crippen LogP contribution is -2.15. The minimum Gasteiger partial charge on any atom is -0.492 e. The maximum Gasteiger partial charge on any atom is 0.119 e. The van der Waals surface area contributed by atoms with Crippen molar-refractivity contribution in [2.45, 2.75) is 38.9 Å². The fraction of sp³-hybridized carbons (Fsp3) is 0.467. The highest BCUT2D eigenvalue weighted by molar-refractivity contribution is 5.26. The molecule has 0 radical (unpaired) electrons. The molecule has 2 aromatic rings. The van der Waals surface area contributed by atoms with Gasteiger partial charge in [-0.1, -0.05) is 22.9 Å². The van der Waals surface area contributed by atoms with Gasteiger partial charge in [0.25, 0.3) is 0 Å². The highest BCUT2D eigenvalue weighted by atomic mass is 16.5. The van der Waals surface area contributed by atoms with E-state index in [4.69, 9.17) is 4.74 Å². The Morgan fingerprint density at radius 2 is 2.10 bits per heavy atom. The van der Waals surface area contributed by atoms with E-state index >= 15 is 0 Å². The predicted octanol–water partition coefficient (Wildman–Crippen LogP) is 1.92. The number of benzene rings is 1. The zero-order chi connectivity index (χ0) is 13.8. The number of nitrogens with zero attached hydrogens (tertiary/aromatic N) is 3. The van der Waals surface area contributed by atoms with E-state index in [9.17, 15) is 0 Å². The molecule has 1 aromatic heterocycles. The third-order valence-electron chi connectivity index (χ3n) is 3.35. The molecule has 0 bridgehead atoms. The lowest BCUT2D eigenvalue weighted by molar-refractivity contribution is 0.289. The van der Waals surface area contributed by atoms with Gasteiger partial charge in [-0.05, 0) is 31.9 Å². The van der Waals surface area contributed by atoms with E-state index in [2.05, 4.69) is 22.6 Å². The Labute approximate surface area is 118 Å². The third kappa shape index (κ3) is 3.81. The molecule has 0 spiro atoms. The average Bonchev–Trinajstić information content (AvgIpc) is 3.18. The first kappa shape index (κ1) is 13.1. The van der Waals surface area contributed by atoms with Gasteiger partial charge >= 0.3 is 0 Å². The molecule has 0 saturated heterocycles. The Morgan fingerprint density at radius 1 is 1.30 bits per heavy atom. The summed E-state index contributed by atoms with van der Waals surface area (Å²) in [5.41, 5.74) is 2.23. The van der Waals surface area contributed by atoms with Gasteiger partial charge in [0.1, 0.15) is 12.4 Å². The fourth-order valence-electron chi connectivity index (χ4n) is 1.96. The molecular formula is C15H20N4O. The Hall–Kier alpha value is -1.88. The van der Waals surface area contributed by atoms with E-state index < -0.39 is 0 Å². The smallest absolute Gasteiger partial charge is 0.119 e. The van der Waals surface area contributed by atoms with Crippen molar-refractivity contribution in [1.29, 1.82) is 0 Å². The molecule has 0 amide bonds. The zero-order valence-electron chi connectivity index (χ0n) is 11.7. The van der Waals surface area contributed by atoms with Crippen LogP contribution in [0.4, 0.5) is 0 Å². The van der Waals surface area contributed by atoms with E-state index in [0.717, 1.165) is 18.0 Å². The average molecular weight is 272 g/mol. The first-order valence-electron chi connectivity index (χ1n) is 7.11. The van der Waals surface area contributed by atoms with E-state index in [1.807, 2.05) is 35.1 Å². The van der Waals surface area contributed by atoms with Crippen LogP contribution in [0.25, 0.3) is 0 Å². The second kappa shape index (κ2) is 6.05. The van der Waals surface area contributed by atoms with Gasteiger partial charge in [-0.3, -0.25) is 0 Å². The second-order valence-corrected chi connectivity index (χ2v) is 5.29. The third-order valence-corrected chi connectivity index (χ3v) is 3.35. The Bertz CT molecular complexity index is 545. The molecule has 106 valence electrons. The molecule has 1 aliphatic rings. The van der Waals surface area contributed by atoms with Gasteiger partial charge in [0.15, 0.2) is 0 Å². The van der Waals surface area contributed by atoms with Gasteiger partial charge in [0, 0.05) is 18.8 Å². The van der Waals surface area contributed by atoms with E-state index in [1.165, 1.54) is 18.4 Å². The topological polar surface area (TPSA) is 52.0 Å². The van der Waals surface area contributed by atoms with E-state index in [0.29, 0.717) is 19.2 Å². The van der Waals surface area contributed by atoms with Crippen molar-refractivity contribution in [2.75, 3.05) is 6.61 Å². The van der Waals surface area contributed by atoms with Gasteiger partial charge in [0.05, 0.1) is 12.2 Å². The van der Waals surface area contributed by atoms with Gasteiger partial charge < -0.3 is 10.1 Å². The normalized spacial score (nSPS) is 14.4. The van der Waals surface area contributed by atoms with Crippen LogP contribution in [0.15, 0.2) is 30.5 Å². The quantitative estimate of drug-likeness (QED) is 0.836. The summed E-state index contributed by atoms with van der Waals surface area (Å²) in [4.78, 5) is 0. The molecule has 5 nitrogen and oxygen atoms in total. The van der Waals surface area contributed by atoms with Crippen LogP contribution in [0.5, 0.6) is 5.75 Å². The highest BCUT2D eigenvalue weighted by Gasteiger charge is 2.20. The van der Waals surface area contributed by atoms with Gasteiger partial charge in [-0.15, -0.1) is 5.10 Å². The van der Waals surface area contributed by atoms with Gasteiger partial charge in [-0.25, -0.2) is 4.68 Å². The maximum atomic E-state index is 5.68. The predicted molar refractivity (Wildman–Crippen MR) is 76.6 cm³/mol. The lowest BCUT2D eigenvalue weighted by atomic mass is 10.2. The van der Waals surface area contributed by atoms with Crippen molar-refractivity contribution >= 4 is 0 Å². The SMILES string of the molecule is Cc1ccc(OCCn2cc(CNC3CC3)nn2)cc1. The van der Waals surface area contributed by atoms with E-state index in [1.54, 1.807) is 0 Å².